The Kier molecular flexibility index (Phi) is 4.76. The van der Waals surface area contributed by atoms with Crippen LogP contribution in [-0.4, -0.2) is 32.4 Å². The van der Waals surface area contributed by atoms with E-state index in [1.54, 1.807) is 18.0 Å². The summed E-state index contributed by atoms with van der Waals surface area (Å²) in [6, 6.07) is 8.69. The average molecular weight is 329 g/mol. The largest absolute Gasteiger partial charge is 0.333 e. The van der Waals surface area contributed by atoms with Gasteiger partial charge in [-0.15, -0.1) is 0 Å². The first-order chi connectivity index (χ1) is 11.1. The third-order valence-electron chi connectivity index (χ3n) is 4.05. The van der Waals surface area contributed by atoms with Gasteiger partial charge in [0.2, 0.25) is 0 Å². The standard InChI is InChI=1S/C18H23N3OS/c1-13(2)21(16-7-8-16)17(22)15-6-4-5-14(11-15)12-23-18-19-9-10-20(18)3/h4-6,9-11,13,16H,7-8,12H2,1-3H3. The smallest absolute Gasteiger partial charge is 0.254 e. The Morgan fingerprint density at radius 2 is 2.22 bits per heavy atom. The SMILES string of the molecule is CC(C)N(C(=O)c1cccc(CSc2nccn2C)c1)C1CC1. The van der Waals surface area contributed by atoms with Gasteiger partial charge in [0.15, 0.2) is 5.16 Å². The summed E-state index contributed by atoms with van der Waals surface area (Å²) in [5.41, 5.74) is 1.95. The van der Waals surface area contributed by atoms with Crippen molar-refractivity contribution in [2.24, 2.45) is 7.05 Å². The van der Waals surface area contributed by atoms with E-state index in [2.05, 4.69) is 24.9 Å². The predicted octanol–water partition coefficient (Wildman–Crippen LogP) is 3.73. The molecule has 1 heterocycles. The predicted molar refractivity (Wildman–Crippen MR) is 93.5 cm³/mol. The van der Waals surface area contributed by atoms with Gasteiger partial charge in [0.1, 0.15) is 0 Å². The minimum absolute atomic E-state index is 0.159. The highest BCUT2D eigenvalue weighted by Gasteiger charge is 2.34. The van der Waals surface area contributed by atoms with Gasteiger partial charge < -0.3 is 9.47 Å². The summed E-state index contributed by atoms with van der Waals surface area (Å²) in [7, 11) is 1.99. The number of imidazole rings is 1. The topological polar surface area (TPSA) is 38.1 Å². The molecule has 0 radical (unpaired) electrons. The molecule has 122 valence electrons. The fourth-order valence-corrected chi connectivity index (χ4v) is 3.63. The number of aromatic nitrogens is 2. The average Bonchev–Trinajstić information content (AvgIpc) is 3.27. The van der Waals surface area contributed by atoms with Crippen LogP contribution >= 0.6 is 11.8 Å². The van der Waals surface area contributed by atoms with Crippen LogP contribution in [0.3, 0.4) is 0 Å². The second-order valence-corrected chi connectivity index (χ2v) is 7.29. The molecule has 1 fully saturated rings. The summed E-state index contributed by atoms with van der Waals surface area (Å²) in [5.74, 6) is 0.975. The third kappa shape index (κ3) is 3.78. The molecule has 1 aliphatic carbocycles. The summed E-state index contributed by atoms with van der Waals surface area (Å²) in [4.78, 5) is 19.2. The van der Waals surface area contributed by atoms with Crippen LogP contribution in [0.15, 0.2) is 41.8 Å². The first-order valence-corrected chi connectivity index (χ1v) is 9.06. The van der Waals surface area contributed by atoms with Crippen LogP contribution in [0.1, 0.15) is 42.6 Å². The lowest BCUT2D eigenvalue weighted by Gasteiger charge is -2.27. The number of carbonyl (C=O) groups is 1. The number of benzene rings is 1. The lowest BCUT2D eigenvalue weighted by Crippen LogP contribution is -2.38. The minimum atomic E-state index is 0.159. The monoisotopic (exact) mass is 329 g/mol. The Hall–Kier alpha value is -1.75. The van der Waals surface area contributed by atoms with E-state index in [-0.39, 0.29) is 11.9 Å². The van der Waals surface area contributed by atoms with Crippen LogP contribution < -0.4 is 0 Å². The van der Waals surface area contributed by atoms with Crippen molar-refractivity contribution in [1.29, 1.82) is 0 Å². The van der Waals surface area contributed by atoms with Crippen LogP contribution in [0.5, 0.6) is 0 Å². The minimum Gasteiger partial charge on any atom is -0.333 e. The van der Waals surface area contributed by atoms with E-state index in [0.29, 0.717) is 6.04 Å². The second kappa shape index (κ2) is 6.79. The molecule has 1 aromatic carbocycles. The molecule has 0 unspecified atom stereocenters. The first-order valence-electron chi connectivity index (χ1n) is 8.08. The first kappa shape index (κ1) is 16.1. The van der Waals surface area contributed by atoms with Crippen molar-refractivity contribution in [3.05, 3.63) is 47.8 Å². The highest BCUT2D eigenvalue weighted by Crippen LogP contribution is 2.30. The molecule has 0 N–H and O–H groups in total. The van der Waals surface area contributed by atoms with Gasteiger partial charge in [0.25, 0.3) is 5.91 Å². The molecule has 5 heteroatoms. The van der Waals surface area contributed by atoms with Gasteiger partial charge in [-0.3, -0.25) is 4.79 Å². The van der Waals surface area contributed by atoms with Crippen molar-refractivity contribution in [2.45, 2.75) is 49.7 Å². The van der Waals surface area contributed by atoms with Crippen molar-refractivity contribution >= 4 is 17.7 Å². The third-order valence-corrected chi connectivity index (χ3v) is 5.18. The molecule has 4 nitrogen and oxygen atoms in total. The van der Waals surface area contributed by atoms with Gasteiger partial charge in [-0.1, -0.05) is 23.9 Å². The molecule has 2 aromatic rings. The Balaban J connectivity index is 1.71. The van der Waals surface area contributed by atoms with Crippen LogP contribution in [-0.2, 0) is 12.8 Å². The highest BCUT2D eigenvalue weighted by molar-refractivity contribution is 7.98. The van der Waals surface area contributed by atoms with Crippen molar-refractivity contribution in [3.63, 3.8) is 0 Å². The van der Waals surface area contributed by atoms with E-state index < -0.39 is 0 Å². The highest BCUT2D eigenvalue weighted by atomic mass is 32.2. The van der Waals surface area contributed by atoms with Gasteiger partial charge >= 0.3 is 0 Å². The zero-order valence-corrected chi connectivity index (χ0v) is 14.7. The Bertz CT molecular complexity index is 689. The molecule has 1 aliphatic rings. The molecule has 0 aliphatic heterocycles. The summed E-state index contributed by atoms with van der Waals surface area (Å²) in [6.07, 6.45) is 6.02. The number of amides is 1. The normalized spacial score (nSPS) is 14.3. The fourth-order valence-electron chi connectivity index (χ4n) is 2.76. The number of hydrogen-bond donors (Lipinski definition) is 0. The number of thioether (sulfide) groups is 1. The maximum Gasteiger partial charge on any atom is 0.254 e. The summed E-state index contributed by atoms with van der Waals surface area (Å²) in [5, 5.41) is 0.989. The summed E-state index contributed by atoms with van der Waals surface area (Å²) < 4.78 is 2.01. The van der Waals surface area contributed by atoms with E-state index in [9.17, 15) is 4.79 Å². The Morgan fingerprint density at radius 3 is 2.83 bits per heavy atom. The molecule has 23 heavy (non-hydrogen) atoms. The second-order valence-electron chi connectivity index (χ2n) is 6.35. The number of aryl methyl sites for hydroxylation is 1. The van der Waals surface area contributed by atoms with Crippen molar-refractivity contribution in [3.8, 4) is 0 Å². The van der Waals surface area contributed by atoms with E-state index in [0.717, 1.165) is 34.9 Å². The van der Waals surface area contributed by atoms with E-state index in [4.69, 9.17) is 0 Å². The zero-order valence-electron chi connectivity index (χ0n) is 13.9. The molecule has 0 atom stereocenters. The van der Waals surface area contributed by atoms with Gasteiger partial charge in [-0.25, -0.2) is 4.98 Å². The van der Waals surface area contributed by atoms with Gasteiger partial charge in [0, 0.05) is 42.8 Å². The molecule has 0 spiro atoms. The molecular formula is C18H23N3OS. The number of carbonyl (C=O) groups excluding carboxylic acids is 1. The van der Waals surface area contributed by atoms with Crippen LogP contribution in [0.2, 0.25) is 0 Å². The van der Waals surface area contributed by atoms with Gasteiger partial charge in [0.05, 0.1) is 0 Å². The lowest BCUT2D eigenvalue weighted by atomic mass is 10.1. The van der Waals surface area contributed by atoms with E-state index in [1.165, 1.54) is 0 Å². The fraction of sp³-hybridized carbons (Fsp3) is 0.444. The molecule has 1 aromatic heterocycles. The zero-order chi connectivity index (χ0) is 16.4. The Morgan fingerprint density at radius 1 is 1.43 bits per heavy atom. The number of hydrogen-bond acceptors (Lipinski definition) is 3. The molecule has 1 saturated carbocycles. The van der Waals surface area contributed by atoms with Crippen LogP contribution in [0, 0.1) is 0 Å². The van der Waals surface area contributed by atoms with Crippen LogP contribution in [0.25, 0.3) is 0 Å². The molecule has 1 amide bonds. The number of rotatable bonds is 6. The van der Waals surface area contributed by atoms with Crippen molar-refractivity contribution in [2.75, 3.05) is 0 Å². The van der Waals surface area contributed by atoms with Crippen molar-refractivity contribution < 1.29 is 4.79 Å². The quantitative estimate of drug-likeness (QED) is 0.758. The van der Waals surface area contributed by atoms with Crippen molar-refractivity contribution in [1.82, 2.24) is 14.5 Å². The molecular weight excluding hydrogens is 306 g/mol. The molecule has 0 saturated heterocycles. The summed E-state index contributed by atoms with van der Waals surface area (Å²) >= 11 is 1.69. The maximum absolute atomic E-state index is 12.8. The van der Waals surface area contributed by atoms with E-state index in [1.807, 2.05) is 40.9 Å². The van der Waals surface area contributed by atoms with E-state index >= 15 is 0 Å². The molecule has 0 bridgehead atoms. The van der Waals surface area contributed by atoms with Crippen LogP contribution in [0.4, 0.5) is 0 Å². The maximum atomic E-state index is 12.8. The summed E-state index contributed by atoms with van der Waals surface area (Å²) in [6.45, 7) is 4.19. The van der Waals surface area contributed by atoms with Gasteiger partial charge in [-0.2, -0.15) is 0 Å². The Labute approximate surface area is 141 Å². The molecule has 3 rings (SSSR count). The van der Waals surface area contributed by atoms with Gasteiger partial charge in [-0.05, 0) is 44.4 Å². The number of nitrogens with zero attached hydrogens (tertiary/aromatic N) is 3. The lowest BCUT2D eigenvalue weighted by molar-refractivity contribution is 0.0690.